The van der Waals surface area contributed by atoms with Crippen molar-refractivity contribution in [1.82, 2.24) is 29.9 Å². The Morgan fingerprint density at radius 2 is 1.76 bits per heavy atom. The van der Waals surface area contributed by atoms with E-state index in [4.69, 9.17) is 10.5 Å². The molecule has 188 valence electrons. The van der Waals surface area contributed by atoms with Crippen LogP contribution in [0.2, 0.25) is 0 Å². The van der Waals surface area contributed by atoms with Crippen molar-refractivity contribution in [3.8, 4) is 0 Å². The molecular formula is C28H29N7O2. The van der Waals surface area contributed by atoms with Crippen molar-refractivity contribution < 1.29 is 9.53 Å². The average molecular weight is 496 g/mol. The summed E-state index contributed by atoms with van der Waals surface area (Å²) in [5.74, 6) is 0.304. The molecule has 0 aliphatic rings. The third kappa shape index (κ3) is 5.84. The quantitative estimate of drug-likeness (QED) is 0.305. The van der Waals surface area contributed by atoms with Gasteiger partial charge in [0.1, 0.15) is 11.5 Å². The van der Waals surface area contributed by atoms with Crippen LogP contribution in [-0.4, -0.2) is 37.1 Å². The van der Waals surface area contributed by atoms with Crippen LogP contribution in [0.5, 0.6) is 0 Å². The molecule has 5 rings (SSSR count). The summed E-state index contributed by atoms with van der Waals surface area (Å²) in [4.78, 5) is 17.2. The minimum absolute atomic E-state index is 0.190. The Morgan fingerprint density at radius 3 is 2.49 bits per heavy atom. The van der Waals surface area contributed by atoms with E-state index in [9.17, 15) is 4.79 Å². The zero-order chi connectivity index (χ0) is 25.6. The lowest BCUT2D eigenvalue weighted by Crippen LogP contribution is -2.23. The number of nitrogens with zero attached hydrogens (tertiary/aromatic N) is 5. The summed E-state index contributed by atoms with van der Waals surface area (Å²) in [7, 11) is 0. The van der Waals surface area contributed by atoms with Gasteiger partial charge in [-0.3, -0.25) is 14.2 Å². The molecule has 0 radical (unpaired) electrons. The fourth-order valence-corrected chi connectivity index (χ4v) is 4.19. The van der Waals surface area contributed by atoms with Crippen molar-refractivity contribution in [3.05, 3.63) is 107 Å². The van der Waals surface area contributed by atoms with Crippen LogP contribution in [0.4, 0.5) is 5.82 Å². The molecule has 0 spiro atoms. The third-order valence-corrected chi connectivity index (χ3v) is 6.11. The van der Waals surface area contributed by atoms with Gasteiger partial charge in [-0.1, -0.05) is 36.4 Å². The largest absolute Gasteiger partial charge is 0.383 e. The Kier molecular flexibility index (Phi) is 7.23. The van der Waals surface area contributed by atoms with E-state index in [1.54, 1.807) is 23.3 Å². The Balaban J connectivity index is 1.27. The van der Waals surface area contributed by atoms with Crippen molar-refractivity contribution in [3.63, 3.8) is 0 Å². The minimum Gasteiger partial charge on any atom is -0.383 e. The van der Waals surface area contributed by atoms with Crippen molar-refractivity contribution >= 4 is 22.5 Å². The number of carbonyl (C=O) groups is 1. The van der Waals surface area contributed by atoms with Gasteiger partial charge in [0.2, 0.25) is 0 Å². The number of hydrogen-bond acceptors (Lipinski definition) is 6. The van der Waals surface area contributed by atoms with Gasteiger partial charge in [-0.2, -0.15) is 10.2 Å². The first-order valence-corrected chi connectivity index (χ1v) is 12.2. The molecule has 37 heavy (non-hydrogen) atoms. The van der Waals surface area contributed by atoms with E-state index in [1.807, 2.05) is 48.1 Å². The van der Waals surface area contributed by atoms with Gasteiger partial charge in [-0.25, -0.2) is 4.98 Å². The number of pyridine rings is 1. The SMILES string of the molecule is CCOCc1nn(Cc2ccc(Cn3cccn3)cc2)cc1C(=O)NCc1ccc2c(N)nccc2c1. The molecule has 3 heterocycles. The lowest BCUT2D eigenvalue weighted by molar-refractivity contribution is 0.0940. The summed E-state index contributed by atoms with van der Waals surface area (Å²) in [6, 6.07) is 18.0. The smallest absolute Gasteiger partial charge is 0.255 e. The number of anilines is 1. The predicted molar refractivity (Wildman–Crippen MR) is 142 cm³/mol. The third-order valence-electron chi connectivity index (χ3n) is 6.11. The second-order valence-electron chi connectivity index (χ2n) is 8.78. The Hall–Kier alpha value is -4.50. The predicted octanol–water partition coefficient (Wildman–Crippen LogP) is 3.77. The summed E-state index contributed by atoms with van der Waals surface area (Å²) in [6.45, 7) is 4.39. The van der Waals surface area contributed by atoms with Crippen LogP contribution in [0.3, 0.4) is 0 Å². The number of aromatic nitrogens is 5. The van der Waals surface area contributed by atoms with E-state index in [0.29, 0.717) is 36.8 Å². The van der Waals surface area contributed by atoms with Crippen molar-refractivity contribution in [2.45, 2.75) is 33.2 Å². The molecule has 0 fully saturated rings. The lowest BCUT2D eigenvalue weighted by Gasteiger charge is -2.08. The maximum Gasteiger partial charge on any atom is 0.255 e. The summed E-state index contributed by atoms with van der Waals surface area (Å²) < 4.78 is 9.26. The molecule has 9 heteroatoms. The second kappa shape index (κ2) is 11.0. The molecule has 1 amide bonds. The molecule has 0 saturated carbocycles. The zero-order valence-electron chi connectivity index (χ0n) is 20.7. The zero-order valence-corrected chi connectivity index (χ0v) is 20.7. The number of nitrogen functional groups attached to an aromatic ring is 1. The summed E-state index contributed by atoms with van der Waals surface area (Å²) in [5.41, 5.74) is 10.3. The van der Waals surface area contributed by atoms with Gasteiger partial charge < -0.3 is 15.8 Å². The van der Waals surface area contributed by atoms with Gasteiger partial charge in [0, 0.05) is 43.3 Å². The van der Waals surface area contributed by atoms with Gasteiger partial charge in [0.15, 0.2) is 0 Å². The number of benzene rings is 2. The number of nitrogens with two attached hydrogens (primary N) is 1. The Labute approximate surface area is 214 Å². The molecule has 3 N–H and O–H groups in total. The molecule has 5 aromatic rings. The van der Waals surface area contributed by atoms with Crippen LogP contribution < -0.4 is 11.1 Å². The lowest BCUT2D eigenvalue weighted by atomic mass is 10.1. The number of nitrogens with one attached hydrogen (secondary N) is 1. The topological polar surface area (TPSA) is 113 Å². The molecular weight excluding hydrogens is 466 g/mol. The van der Waals surface area contributed by atoms with Gasteiger partial charge in [-0.05, 0) is 47.2 Å². The van der Waals surface area contributed by atoms with Crippen molar-refractivity contribution in [1.29, 1.82) is 0 Å². The number of hydrogen-bond donors (Lipinski definition) is 2. The van der Waals surface area contributed by atoms with E-state index in [2.05, 4.69) is 44.8 Å². The first-order chi connectivity index (χ1) is 18.1. The fourth-order valence-electron chi connectivity index (χ4n) is 4.19. The number of rotatable bonds is 10. The summed E-state index contributed by atoms with van der Waals surface area (Å²) in [6.07, 6.45) is 7.18. The highest BCUT2D eigenvalue weighted by Crippen LogP contribution is 2.20. The highest BCUT2D eigenvalue weighted by Gasteiger charge is 2.17. The first-order valence-electron chi connectivity index (χ1n) is 12.2. The highest BCUT2D eigenvalue weighted by atomic mass is 16.5. The first kappa shape index (κ1) is 24.2. The fraction of sp³-hybridized carbons (Fsp3) is 0.214. The molecule has 0 unspecified atom stereocenters. The average Bonchev–Trinajstić information content (AvgIpc) is 3.57. The standard InChI is InChI=1S/C28H29N7O2/c1-2-37-19-26-25(28(36)31-15-22-8-9-24-23(14-22)10-12-30-27(24)29)18-35(33-26)17-21-6-4-20(5-7-21)16-34-13-3-11-32-34/h3-14,18H,2,15-17,19H2,1H3,(H2,29,30)(H,31,36). The van der Waals surface area contributed by atoms with Crippen LogP contribution >= 0.6 is 0 Å². The van der Waals surface area contributed by atoms with Gasteiger partial charge in [-0.15, -0.1) is 0 Å². The summed E-state index contributed by atoms with van der Waals surface area (Å²) >= 11 is 0. The van der Waals surface area contributed by atoms with Gasteiger partial charge in [0.25, 0.3) is 5.91 Å². The van der Waals surface area contributed by atoms with Gasteiger partial charge in [0.05, 0.1) is 25.3 Å². The normalized spacial score (nSPS) is 11.2. The van der Waals surface area contributed by atoms with E-state index < -0.39 is 0 Å². The second-order valence-corrected chi connectivity index (χ2v) is 8.78. The molecule has 0 bridgehead atoms. The number of ether oxygens (including phenoxy) is 1. The van der Waals surface area contributed by atoms with Crippen molar-refractivity contribution in [2.75, 3.05) is 12.3 Å². The molecule has 3 aromatic heterocycles. The van der Waals surface area contributed by atoms with E-state index in [0.717, 1.165) is 34.0 Å². The van der Waals surface area contributed by atoms with Crippen molar-refractivity contribution in [2.24, 2.45) is 0 Å². The molecule has 0 aliphatic heterocycles. The monoisotopic (exact) mass is 495 g/mol. The molecule has 0 aliphatic carbocycles. The van der Waals surface area contributed by atoms with Gasteiger partial charge >= 0.3 is 0 Å². The number of carbonyl (C=O) groups excluding carboxylic acids is 1. The molecule has 0 saturated heterocycles. The van der Waals surface area contributed by atoms with Crippen LogP contribution in [0.1, 0.15) is 39.7 Å². The maximum absolute atomic E-state index is 13.1. The van der Waals surface area contributed by atoms with Crippen LogP contribution in [0.25, 0.3) is 10.8 Å². The number of amides is 1. The summed E-state index contributed by atoms with van der Waals surface area (Å²) in [5, 5.41) is 13.8. The molecule has 0 atom stereocenters. The minimum atomic E-state index is -0.190. The maximum atomic E-state index is 13.1. The number of fused-ring (bicyclic) bond motifs is 1. The van der Waals surface area contributed by atoms with Crippen LogP contribution in [0, 0.1) is 0 Å². The molecule has 2 aromatic carbocycles. The van der Waals surface area contributed by atoms with Crippen LogP contribution in [-0.2, 0) is 31.0 Å². The molecule has 9 nitrogen and oxygen atoms in total. The van der Waals surface area contributed by atoms with E-state index in [1.165, 1.54) is 0 Å². The Bertz CT molecular complexity index is 1490. The van der Waals surface area contributed by atoms with Crippen LogP contribution in [0.15, 0.2) is 79.4 Å². The van der Waals surface area contributed by atoms with E-state index in [-0.39, 0.29) is 12.5 Å². The Morgan fingerprint density at radius 1 is 1.00 bits per heavy atom. The van der Waals surface area contributed by atoms with E-state index >= 15 is 0 Å². The highest BCUT2D eigenvalue weighted by molar-refractivity contribution is 5.95.